The van der Waals surface area contributed by atoms with E-state index in [-0.39, 0.29) is 6.54 Å². The lowest BCUT2D eigenvalue weighted by atomic mass is 10.5. The first-order valence-electron chi connectivity index (χ1n) is 3.64. The molecule has 2 N–H and O–H groups in total. The Labute approximate surface area is 75.5 Å². The zero-order valence-corrected chi connectivity index (χ0v) is 7.13. The fourth-order valence-electron chi connectivity index (χ4n) is 0.717. The van der Waals surface area contributed by atoms with Gasteiger partial charge < -0.3 is 9.84 Å². The molecule has 0 atom stereocenters. The summed E-state index contributed by atoms with van der Waals surface area (Å²) in [4.78, 5) is 11.0. The predicted octanol–water partition coefficient (Wildman–Crippen LogP) is 0.738. The van der Waals surface area contributed by atoms with Gasteiger partial charge >= 0.3 is 6.03 Å². The number of carbonyl (C=O) groups excluding carboxylic acids is 1. The maximum Gasteiger partial charge on any atom is 0.321 e. The minimum atomic E-state index is -0.397. The van der Waals surface area contributed by atoms with E-state index >= 15 is 0 Å². The average molecular weight is 179 g/mol. The van der Waals surface area contributed by atoms with E-state index in [1.165, 1.54) is 0 Å². The van der Waals surface area contributed by atoms with Crippen LogP contribution in [0, 0.1) is 19.3 Å². The van der Waals surface area contributed by atoms with Gasteiger partial charge in [0.25, 0.3) is 0 Å². The van der Waals surface area contributed by atoms with Gasteiger partial charge in [-0.2, -0.15) is 0 Å². The molecule has 5 heteroatoms. The van der Waals surface area contributed by atoms with Crippen LogP contribution >= 0.6 is 0 Å². The van der Waals surface area contributed by atoms with Gasteiger partial charge in [0, 0.05) is 6.07 Å². The third-order valence-corrected chi connectivity index (χ3v) is 1.22. The minimum Gasteiger partial charge on any atom is -0.360 e. The second-order valence-electron chi connectivity index (χ2n) is 2.33. The zero-order chi connectivity index (χ0) is 9.68. The van der Waals surface area contributed by atoms with Crippen LogP contribution in [0.2, 0.25) is 0 Å². The summed E-state index contributed by atoms with van der Waals surface area (Å²) in [5, 5.41) is 8.43. The Hall–Kier alpha value is -1.96. The summed E-state index contributed by atoms with van der Waals surface area (Å²) >= 11 is 0. The maximum absolute atomic E-state index is 11.0. The molecule has 0 fully saturated rings. The van der Waals surface area contributed by atoms with Crippen molar-refractivity contribution < 1.29 is 9.32 Å². The Morgan fingerprint density at radius 3 is 3.15 bits per heavy atom. The average Bonchev–Trinajstić information content (AvgIpc) is 2.48. The molecule has 1 heterocycles. The van der Waals surface area contributed by atoms with Gasteiger partial charge in [0.2, 0.25) is 0 Å². The third kappa shape index (κ3) is 2.87. The molecule has 0 saturated heterocycles. The Kier molecular flexibility index (Phi) is 2.92. The lowest BCUT2D eigenvalue weighted by molar-refractivity contribution is 0.253. The summed E-state index contributed by atoms with van der Waals surface area (Å²) in [6.07, 6.45) is 4.95. The maximum atomic E-state index is 11.0. The van der Waals surface area contributed by atoms with E-state index in [0.29, 0.717) is 11.6 Å². The standard InChI is InChI=1S/C8H9N3O2/c1-3-4-9-8(12)10-7-5-6(2)13-11-7/h1,5H,4H2,2H3,(H2,9,10,11,12). The highest BCUT2D eigenvalue weighted by Crippen LogP contribution is 2.05. The molecule has 1 aromatic heterocycles. The number of rotatable bonds is 2. The van der Waals surface area contributed by atoms with Crippen LogP contribution in [-0.4, -0.2) is 17.7 Å². The highest BCUT2D eigenvalue weighted by Gasteiger charge is 2.03. The van der Waals surface area contributed by atoms with Crippen LogP contribution in [0.5, 0.6) is 0 Å². The Balaban J connectivity index is 2.41. The molecule has 0 aliphatic carbocycles. The van der Waals surface area contributed by atoms with E-state index in [1.807, 2.05) is 0 Å². The smallest absolute Gasteiger partial charge is 0.321 e. The zero-order valence-electron chi connectivity index (χ0n) is 7.13. The first-order valence-corrected chi connectivity index (χ1v) is 3.64. The lowest BCUT2D eigenvalue weighted by Gasteiger charge is -1.99. The monoisotopic (exact) mass is 179 g/mol. The number of aromatic nitrogens is 1. The Bertz CT molecular complexity index is 337. The number of urea groups is 1. The quantitative estimate of drug-likeness (QED) is 0.658. The highest BCUT2D eigenvalue weighted by molar-refractivity contribution is 5.88. The summed E-state index contributed by atoms with van der Waals surface area (Å²) in [5.74, 6) is 3.27. The van der Waals surface area contributed by atoms with Gasteiger partial charge in [-0.05, 0) is 6.92 Å². The third-order valence-electron chi connectivity index (χ3n) is 1.22. The SMILES string of the molecule is C#CCNC(=O)Nc1cc(C)on1. The second-order valence-corrected chi connectivity index (χ2v) is 2.33. The predicted molar refractivity (Wildman–Crippen MR) is 47.1 cm³/mol. The molecule has 1 rings (SSSR count). The number of nitrogens with zero attached hydrogens (tertiary/aromatic N) is 1. The number of amides is 2. The Morgan fingerprint density at radius 1 is 1.85 bits per heavy atom. The largest absolute Gasteiger partial charge is 0.360 e. The minimum absolute atomic E-state index is 0.183. The molecular weight excluding hydrogens is 170 g/mol. The summed E-state index contributed by atoms with van der Waals surface area (Å²) in [5.41, 5.74) is 0. The van der Waals surface area contributed by atoms with Crippen LogP contribution in [0.1, 0.15) is 5.76 Å². The van der Waals surface area contributed by atoms with Crippen molar-refractivity contribution in [2.24, 2.45) is 0 Å². The fraction of sp³-hybridized carbons (Fsp3) is 0.250. The van der Waals surface area contributed by atoms with Gasteiger partial charge in [-0.1, -0.05) is 11.1 Å². The first kappa shape index (κ1) is 9.13. The number of nitrogens with one attached hydrogen (secondary N) is 2. The van der Waals surface area contributed by atoms with Crippen LogP contribution in [-0.2, 0) is 0 Å². The van der Waals surface area contributed by atoms with Crippen LogP contribution in [0.3, 0.4) is 0 Å². The molecule has 0 bridgehead atoms. The molecule has 1 aromatic rings. The van der Waals surface area contributed by atoms with Crippen molar-refractivity contribution in [1.82, 2.24) is 10.5 Å². The number of terminal acetylenes is 1. The van der Waals surface area contributed by atoms with E-state index in [4.69, 9.17) is 10.9 Å². The molecule has 68 valence electrons. The number of hydrogen-bond acceptors (Lipinski definition) is 3. The van der Waals surface area contributed by atoms with E-state index in [2.05, 4.69) is 21.7 Å². The van der Waals surface area contributed by atoms with Crippen LogP contribution in [0.15, 0.2) is 10.6 Å². The van der Waals surface area contributed by atoms with Gasteiger partial charge in [-0.3, -0.25) is 5.32 Å². The fourth-order valence-corrected chi connectivity index (χ4v) is 0.717. The molecule has 0 unspecified atom stereocenters. The molecule has 0 aliphatic rings. The van der Waals surface area contributed by atoms with Gasteiger partial charge in [-0.15, -0.1) is 6.42 Å². The molecule has 0 saturated carbocycles. The van der Waals surface area contributed by atoms with Crippen molar-refractivity contribution in [2.75, 3.05) is 11.9 Å². The molecule has 2 amide bonds. The van der Waals surface area contributed by atoms with Gasteiger partial charge in [0.05, 0.1) is 6.54 Å². The Morgan fingerprint density at radius 2 is 2.62 bits per heavy atom. The van der Waals surface area contributed by atoms with Crippen molar-refractivity contribution in [1.29, 1.82) is 0 Å². The van der Waals surface area contributed by atoms with E-state index in [9.17, 15) is 4.79 Å². The number of hydrogen-bond donors (Lipinski definition) is 2. The van der Waals surface area contributed by atoms with Gasteiger partial charge in [0.1, 0.15) is 5.76 Å². The molecule has 0 radical (unpaired) electrons. The van der Waals surface area contributed by atoms with Crippen molar-refractivity contribution in [3.05, 3.63) is 11.8 Å². The molecule has 0 spiro atoms. The first-order chi connectivity index (χ1) is 6.22. The lowest BCUT2D eigenvalue weighted by Crippen LogP contribution is -2.28. The van der Waals surface area contributed by atoms with Crippen LogP contribution in [0.25, 0.3) is 0 Å². The summed E-state index contributed by atoms with van der Waals surface area (Å²) in [6.45, 7) is 1.92. The van der Waals surface area contributed by atoms with Crippen molar-refractivity contribution >= 4 is 11.8 Å². The number of anilines is 1. The van der Waals surface area contributed by atoms with Crippen molar-refractivity contribution in [2.45, 2.75) is 6.92 Å². The summed E-state index contributed by atoms with van der Waals surface area (Å²) < 4.78 is 4.74. The summed E-state index contributed by atoms with van der Waals surface area (Å²) in [7, 11) is 0. The van der Waals surface area contributed by atoms with Gasteiger partial charge in [0.15, 0.2) is 5.82 Å². The topological polar surface area (TPSA) is 67.2 Å². The van der Waals surface area contributed by atoms with Gasteiger partial charge in [-0.25, -0.2) is 4.79 Å². The van der Waals surface area contributed by atoms with Crippen LogP contribution in [0.4, 0.5) is 10.6 Å². The number of carbonyl (C=O) groups is 1. The summed E-state index contributed by atoms with van der Waals surface area (Å²) in [6, 6.07) is 1.21. The molecular formula is C8H9N3O2. The van der Waals surface area contributed by atoms with Crippen molar-refractivity contribution in [3.63, 3.8) is 0 Å². The molecule has 0 aliphatic heterocycles. The highest BCUT2D eigenvalue weighted by atomic mass is 16.5. The number of aryl methyl sites for hydroxylation is 1. The normalized spacial score (nSPS) is 8.92. The van der Waals surface area contributed by atoms with E-state index in [0.717, 1.165) is 0 Å². The second kappa shape index (κ2) is 4.16. The molecule has 13 heavy (non-hydrogen) atoms. The van der Waals surface area contributed by atoms with E-state index in [1.54, 1.807) is 13.0 Å². The molecule has 0 aromatic carbocycles. The molecule has 5 nitrogen and oxygen atoms in total. The van der Waals surface area contributed by atoms with Crippen molar-refractivity contribution in [3.8, 4) is 12.3 Å². The van der Waals surface area contributed by atoms with E-state index < -0.39 is 6.03 Å². The van der Waals surface area contributed by atoms with Crippen LogP contribution < -0.4 is 10.6 Å².